The summed E-state index contributed by atoms with van der Waals surface area (Å²) in [6.07, 6.45) is 15.0. The first-order chi connectivity index (χ1) is 14.2. The van der Waals surface area contributed by atoms with Crippen LogP contribution in [0.2, 0.25) is 0 Å². The van der Waals surface area contributed by atoms with E-state index in [4.69, 9.17) is 0 Å². The first-order valence-corrected chi connectivity index (χ1v) is 13.0. The Labute approximate surface area is 185 Å². The number of carbonyl (C=O) groups excluding carboxylic acids is 1. The van der Waals surface area contributed by atoms with Crippen molar-refractivity contribution in [2.24, 2.45) is 39.9 Å². The second kappa shape index (κ2) is 8.05. The number of rotatable bonds is 6. The molecule has 0 aromatic carbocycles. The Bertz CT molecular complexity index is 693. The highest BCUT2D eigenvalue weighted by atomic mass is 16.3. The van der Waals surface area contributed by atoms with Gasteiger partial charge in [-0.15, -0.1) is 0 Å². The van der Waals surface area contributed by atoms with Crippen LogP contribution in [0.1, 0.15) is 112 Å². The topological polar surface area (TPSA) is 37.3 Å². The summed E-state index contributed by atoms with van der Waals surface area (Å²) in [6.45, 7) is 12.2. The number of hydrogen-bond donors (Lipinski definition) is 1. The fourth-order valence-corrected chi connectivity index (χ4v) is 8.78. The number of fused-ring (bicyclic) bond motifs is 4. The lowest BCUT2D eigenvalue weighted by Gasteiger charge is -2.59. The van der Waals surface area contributed by atoms with E-state index in [1.165, 1.54) is 51.2 Å². The Morgan fingerprint density at radius 3 is 2.50 bits per heavy atom. The highest BCUT2D eigenvalue weighted by Crippen LogP contribution is 2.68. The molecule has 2 saturated carbocycles. The van der Waals surface area contributed by atoms with Crippen LogP contribution >= 0.6 is 0 Å². The van der Waals surface area contributed by atoms with E-state index in [1.807, 2.05) is 0 Å². The van der Waals surface area contributed by atoms with E-state index in [0.717, 1.165) is 49.4 Å². The fraction of sp³-hybridized carbons (Fsp3) is 0.893. The Morgan fingerprint density at radius 2 is 1.80 bits per heavy atom. The summed E-state index contributed by atoms with van der Waals surface area (Å²) in [5, 5.41) is 10.4. The smallest absolute Gasteiger partial charge is 0.127 e. The van der Waals surface area contributed by atoms with E-state index >= 15 is 0 Å². The molecule has 0 amide bonds. The summed E-state index contributed by atoms with van der Waals surface area (Å²) in [6, 6.07) is 0. The van der Waals surface area contributed by atoms with Crippen molar-refractivity contribution >= 4 is 6.29 Å². The standard InChI is InChI=1S/C28H46O2/c1-19(2)7-6-8-20(3)23-9-10-24-22-12-16-28(18-29)17-21(30)11-15-27(28,5)25(22)13-14-26(23,24)4/h18-21,23-24,30H,6-17H2,1-5H3/t20-,21-,23-,24?,26-,27-,28-/m1/s1. The molecule has 0 aromatic heterocycles. The zero-order chi connectivity index (χ0) is 21.7. The lowest BCUT2D eigenvalue weighted by molar-refractivity contribution is -0.132. The molecule has 2 heteroatoms. The van der Waals surface area contributed by atoms with Gasteiger partial charge in [0.2, 0.25) is 0 Å². The number of aliphatic hydroxyl groups excluding tert-OH is 1. The van der Waals surface area contributed by atoms with Crippen LogP contribution in [0.4, 0.5) is 0 Å². The van der Waals surface area contributed by atoms with E-state index in [-0.39, 0.29) is 16.9 Å². The highest BCUT2D eigenvalue weighted by Gasteiger charge is 2.60. The molecule has 0 radical (unpaired) electrons. The van der Waals surface area contributed by atoms with Gasteiger partial charge in [0.05, 0.1) is 6.10 Å². The van der Waals surface area contributed by atoms with Gasteiger partial charge in [0, 0.05) is 10.8 Å². The predicted octanol–water partition coefficient (Wildman–Crippen LogP) is 7.10. The molecule has 0 aromatic rings. The van der Waals surface area contributed by atoms with Crippen LogP contribution < -0.4 is 0 Å². The van der Waals surface area contributed by atoms with Gasteiger partial charge in [0.25, 0.3) is 0 Å². The van der Waals surface area contributed by atoms with Crippen LogP contribution in [-0.4, -0.2) is 17.5 Å². The van der Waals surface area contributed by atoms with Gasteiger partial charge in [-0.1, -0.05) is 65.0 Å². The van der Waals surface area contributed by atoms with Crippen molar-refractivity contribution in [2.45, 2.75) is 118 Å². The summed E-state index contributed by atoms with van der Waals surface area (Å²) in [4.78, 5) is 12.4. The highest BCUT2D eigenvalue weighted by molar-refractivity contribution is 5.65. The van der Waals surface area contributed by atoms with Gasteiger partial charge < -0.3 is 9.90 Å². The molecule has 170 valence electrons. The molecule has 0 heterocycles. The molecule has 4 aliphatic rings. The molecule has 4 aliphatic carbocycles. The van der Waals surface area contributed by atoms with Crippen molar-refractivity contribution < 1.29 is 9.90 Å². The number of aliphatic hydroxyl groups is 1. The van der Waals surface area contributed by atoms with Crippen LogP contribution in [0.15, 0.2) is 11.1 Å². The first-order valence-electron chi connectivity index (χ1n) is 13.0. The molecule has 1 unspecified atom stereocenters. The van der Waals surface area contributed by atoms with Gasteiger partial charge in [-0.2, -0.15) is 0 Å². The van der Waals surface area contributed by atoms with Gasteiger partial charge in [-0.3, -0.25) is 0 Å². The second-order valence-electron chi connectivity index (χ2n) is 12.6. The molecule has 7 atom stereocenters. The van der Waals surface area contributed by atoms with Crippen molar-refractivity contribution in [1.29, 1.82) is 0 Å². The Balaban J connectivity index is 1.58. The van der Waals surface area contributed by atoms with Gasteiger partial charge in [-0.05, 0) is 86.9 Å². The zero-order valence-corrected chi connectivity index (χ0v) is 20.3. The maximum atomic E-state index is 12.4. The maximum absolute atomic E-state index is 12.4. The van der Waals surface area contributed by atoms with Crippen molar-refractivity contribution in [3.63, 3.8) is 0 Å². The minimum Gasteiger partial charge on any atom is -0.393 e. The van der Waals surface area contributed by atoms with Crippen molar-refractivity contribution in [1.82, 2.24) is 0 Å². The third-order valence-corrected chi connectivity index (χ3v) is 10.7. The van der Waals surface area contributed by atoms with Gasteiger partial charge in [0.1, 0.15) is 6.29 Å². The van der Waals surface area contributed by atoms with Gasteiger partial charge in [-0.25, -0.2) is 0 Å². The van der Waals surface area contributed by atoms with Crippen LogP contribution in [0.3, 0.4) is 0 Å². The molecule has 0 saturated heterocycles. The fourth-order valence-electron chi connectivity index (χ4n) is 8.78. The molecule has 0 spiro atoms. The molecule has 30 heavy (non-hydrogen) atoms. The number of allylic oxidation sites excluding steroid dienone is 2. The zero-order valence-electron chi connectivity index (χ0n) is 20.3. The largest absolute Gasteiger partial charge is 0.393 e. The quantitative estimate of drug-likeness (QED) is 0.372. The Kier molecular flexibility index (Phi) is 6.06. The molecule has 2 fully saturated rings. The van der Waals surface area contributed by atoms with E-state index in [2.05, 4.69) is 34.6 Å². The summed E-state index contributed by atoms with van der Waals surface area (Å²) in [5.41, 5.74) is 3.55. The predicted molar refractivity (Wildman–Crippen MR) is 124 cm³/mol. The van der Waals surface area contributed by atoms with E-state index in [1.54, 1.807) is 11.1 Å². The summed E-state index contributed by atoms with van der Waals surface area (Å²) in [5.74, 6) is 3.26. The van der Waals surface area contributed by atoms with Crippen LogP contribution in [0.5, 0.6) is 0 Å². The van der Waals surface area contributed by atoms with Crippen LogP contribution in [-0.2, 0) is 4.79 Å². The molecule has 1 N–H and O–H groups in total. The minimum atomic E-state index is -0.320. The number of aldehydes is 1. The van der Waals surface area contributed by atoms with Gasteiger partial charge >= 0.3 is 0 Å². The third kappa shape index (κ3) is 3.35. The third-order valence-electron chi connectivity index (χ3n) is 10.7. The lowest BCUT2D eigenvalue weighted by Crippen LogP contribution is -2.53. The SMILES string of the molecule is CC(C)CCC[C@@H](C)[C@H]1CCC2C3=C(CC[C@@]21C)[C@@]1(C)CC[C@@H](O)C[C@@]1(C=O)CC3. The van der Waals surface area contributed by atoms with Crippen LogP contribution in [0.25, 0.3) is 0 Å². The molecular formula is C28H46O2. The summed E-state index contributed by atoms with van der Waals surface area (Å²) < 4.78 is 0. The van der Waals surface area contributed by atoms with Gasteiger partial charge in [0.15, 0.2) is 0 Å². The Hall–Kier alpha value is -0.630. The van der Waals surface area contributed by atoms with Crippen molar-refractivity contribution in [2.75, 3.05) is 0 Å². The molecule has 2 nitrogen and oxygen atoms in total. The Morgan fingerprint density at radius 1 is 1.03 bits per heavy atom. The molecule has 0 aliphatic heterocycles. The number of hydrogen-bond acceptors (Lipinski definition) is 2. The monoisotopic (exact) mass is 414 g/mol. The van der Waals surface area contributed by atoms with E-state index < -0.39 is 0 Å². The minimum absolute atomic E-state index is 0.0101. The number of carbonyl (C=O) groups is 1. The van der Waals surface area contributed by atoms with E-state index in [9.17, 15) is 9.90 Å². The maximum Gasteiger partial charge on any atom is 0.127 e. The average Bonchev–Trinajstić information content (AvgIpc) is 3.05. The lowest BCUT2D eigenvalue weighted by atomic mass is 9.45. The van der Waals surface area contributed by atoms with Crippen LogP contribution in [0, 0.1) is 39.9 Å². The molecule has 4 rings (SSSR count). The normalized spacial score (nSPS) is 44.4. The molecule has 0 bridgehead atoms. The summed E-state index contributed by atoms with van der Waals surface area (Å²) in [7, 11) is 0. The average molecular weight is 415 g/mol. The first kappa shape index (κ1) is 22.6. The summed E-state index contributed by atoms with van der Waals surface area (Å²) >= 11 is 0. The van der Waals surface area contributed by atoms with E-state index in [0.29, 0.717) is 11.8 Å². The van der Waals surface area contributed by atoms with Crippen molar-refractivity contribution in [3.05, 3.63) is 11.1 Å². The second-order valence-corrected chi connectivity index (χ2v) is 12.6. The van der Waals surface area contributed by atoms with Crippen molar-refractivity contribution in [3.8, 4) is 0 Å². The molecular weight excluding hydrogens is 368 g/mol.